The second-order valence-electron chi connectivity index (χ2n) is 4.39. The zero-order valence-corrected chi connectivity index (χ0v) is 13.0. The van der Waals surface area contributed by atoms with Gasteiger partial charge in [0.05, 0.1) is 10.6 Å². The first-order chi connectivity index (χ1) is 9.12. The van der Waals surface area contributed by atoms with E-state index in [4.69, 9.17) is 17.3 Å². The summed E-state index contributed by atoms with van der Waals surface area (Å²) >= 11 is 7.66. The summed E-state index contributed by atoms with van der Waals surface area (Å²) in [6.07, 6.45) is 5.02. The topological polar surface area (TPSA) is 55.1 Å². The Labute approximate surface area is 124 Å². The highest BCUT2D eigenvalue weighted by atomic mass is 35.5. The standard InChI is InChI=1S/C14H21ClN2OS/c1-3-4-5-10(9-16)17-14(18)12-8-11(19-2)6-7-13(12)15/h6-8,10H,3-5,9,16H2,1-2H3,(H,17,18). The third-order valence-electron chi connectivity index (χ3n) is 2.94. The summed E-state index contributed by atoms with van der Waals surface area (Å²) in [4.78, 5) is 13.2. The molecular formula is C14H21ClN2OS. The zero-order valence-electron chi connectivity index (χ0n) is 11.4. The van der Waals surface area contributed by atoms with Crippen molar-refractivity contribution in [3.8, 4) is 0 Å². The number of carbonyl (C=O) groups is 1. The average molecular weight is 301 g/mol. The van der Waals surface area contributed by atoms with Crippen molar-refractivity contribution in [2.75, 3.05) is 12.8 Å². The molecule has 0 aliphatic rings. The normalized spacial score (nSPS) is 12.2. The molecule has 1 aromatic rings. The highest BCUT2D eigenvalue weighted by Crippen LogP contribution is 2.23. The summed E-state index contributed by atoms with van der Waals surface area (Å²) in [5, 5.41) is 3.43. The van der Waals surface area contributed by atoms with Crippen molar-refractivity contribution >= 4 is 29.3 Å². The third kappa shape index (κ3) is 5.05. The van der Waals surface area contributed by atoms with E-state index in [2.05, 4.69) is 12.2 Å². The highest BCUT2D eigenvalue weighted by molar-refractivity contribution is 7.98. The maximum Gasteiger partial charge on any atom is 0.253 e. The van der Waals surface area contributed by atoms with Gasteiger partial charge in [-0.05, 0) is 30.9 Å². The molecule has 5 heteroatoms. The van der Waals surface area contributed by atoms with Crippen LogP contribution < -0.4 is 11.1 Å². The zero-order chi connectivity index (χ0) is 14.3. The van der Waals surface area contributed by atoms with Gasteiger partial charge in [0.15, 0.2) is 0 Å². The molecule has 0 bridgehead atoms. The first-order valence-electron chi connectivity index (χ1n) is 6.46. The molecule has 0 saturated carbocycles. The van der Waals surface area contributed by atoms with Crippen LogP contribution >= 0.6 is 23.4 Å². The second kappa shape index (κ2) is 8.46. The summed E-state index contributed by atoms with van der Waals surface area (Å²) in [5.74, 6) is -0.146. The monoisotopic (exact) mass is 300 g/mol. The molecule has 0 radical (unpaired) electrons. The number of nitrogens with two attached hydrogens (primary N) is 1. The SMILES string of the molecule is CCCCC(CN)NC(=O)c1cc(SC)ccc1Cl. The van der Waals surface area contributed by atoms with Crippen LogP contribution in [0.4, 0.5) is 0 Å². The number of carbonyl (C=O) groups excluding carboxylic acids is 1. The van der Waals surface area contributed by atoms with Crippen LogP contribution in [0.3, 0.4) is 0 Å². The lowest BCUT2D eigenvalue weighted by atomic mass is 10.1. The van der Waals surface area contributed by atoms with Crippen molar-refractivity contribution in [3.63, 3.8) is 0 Å². The van der Waals surface area contributed by atoms with Gasteiger partial charge in [0.1, 0.15) is 0 Å². The Morgan fingerprint density at radius 1 is 1.53 bits per heavy atom. The predicted octanol–water partition coefficient (Wildman–Crippen LogP) is 3.31. The summed E-state index contributed by atoms with van der Waals surface area (Å²) < 4.78 is 0. The quantitative estimate of drug-likeness (QED) is 0.760. The number of amides is 1. The number of hydrogen-bond acceptors (Lipinski definition) is 3. The molecule has 1 amide bonds. The van der Waals surface area contributed by atoms with Crippen molar-refractivity contribution in [1.82, 2.24) is 5.32 Å². The van der Waals surface area contributed by atoms with Crippen molar-refractivity contribution in [3.05, 3.63) is 28.8 Å². The maximum atomic E-state index is 12.2. The van der Waals surface area contributed by atoms with Gasteiger partial charge < -0.3 is 11.1 Å². The highest BCUT2D eigenvalue weighted by Gasteiger charge is 2.15. The van der Waals surface area contributed by atoms with Gasteiger partial charge >= 0.3 is 0 Å². The molecule has 1 rings (SSSR count). The lowest BCUT2D eigenvalue weighted by Gasteiger charge is -2.17. The minimum Gasteiger partial charge on any atom is -0.348 e. The van der Waals surface area contributed by atoms with E-state index < -0.39 is 0 Å². The van der Waals surface area contributed by atoms with Crippen LogP contribution in [0, 0.1) is 0 Å². The van der Waals surface area contributed by atoms with Crippen LogP contribution in [0.25, 0.3) is 0 Å². The third-order valence-corrected chi connectivity index (χ3v) is 4.00. The predicted molar refractivity (Wildman–Crippen MR) is 83.1 cm³/mol. The van der Waals surface area contributed by atoms with Crippen LogP contribution in [0.15, 0.2) is 23.1 Å². The van der Waals surface area contributed by atoms with Gasteiger partial charge in [-0.15, -0.1) is 11.8 Å². The van der Waals surface area contributed by atoms with Crippen LogP contribution in [0.5, 0.6) is 0 Å². The average Bonchev–Trinajstić information content (AvgIpc) is 2.43. The number of benzene rings is 1. The molecule has 0 aliphatic carbocycles. The van der Waals surface area contributed by atoms with Crippen molar-refractivity contribution in [2.45, 2.75) is 37.1 Å². The molecule has 19 heavy (non-hydrogen) atoms. The molecule has 0 aromatic heterocycles. The van der Waals surface area contributed by atoms with Gasteiger partial charge in [0.25, 0.3) is 5.91 Å². The first-order valence-corrected chi connectivity index (χ1v) is 8.07. The van der Waals surface area contributed by atoms with Crippen LogP contribution in [0.1, 0.15) is 36.5 Å². The number of unbranched alkanes of at least 4 members (excludes halogenated alkanes) is 1. The molecular weight excluding hydrogens is 280 g/mol. The summed E-state index contributed by atoms with van der Waals surface area (Å²) in [6.45, 7) is 2.57. The Morgan fingerprint density at radius 2 is 2.26 bits per heavy atom. The molecule has 3 N–H and O–H groups in total. The Balaban J connectivity index is 2.76. The van der Waals surface area contributed by atoms with E-state index in [1.807, 2.05) is 18.4 Å². The van der Waals surface area contributed by atoms with E-state index in [0.29, 0.717) is 17.1 Å². The number of halogens is 1. The molecule has 0 saturated heterocycles. The Bertz CT molecular complexity index is 426. The Kier molecular flexibility index (Phi) is 7.28. The molecule has 0 spiro atoms. The lowest BCUT2D eigenvalue weighted by molar-refractivity contribution is 0.0935. The molecule has 0 fully saturated rings. The van der Waals surface area contributed by atoms with Crippen LogP contribution in [-0.4, -0.2) is 24.7 Å². The molecule has 0 heterocycles. The minimum atomic E-state index is -0.146. The Hall–Kier alpha value is -0.710. The van der Waals surface area contributed by atoms with Gasteiger partial charge in [0.2, 0.25) is 0 Å². The van der Waals surface area contributed by atoms with E-state index in [1.54, 1.807) is 17.8 Å². The molecule has 3 nitrogen and oxygen atoms in total. The van der Waals surface area contributed by atoms with E-state index >= 15 is 0 Å². The van der Waals surface area contributed by atoms with Crippen molar-refractivity contribution < 1.29 is 4.79 Å². The fourth-order valence-corrected chi connectivity index (χ4v) is 2.41. The fraction of sp³-hybridized carbons (Fsp3) is 0.500. The maximum absolute atomic E-state index is 12.2. The van der Waals surface area contributed by atoms with Gasteiger partial charge in [0, 0.05) is 17.5 Å². The van der Waals surface area contributed by atoms with Gasteiger partial charge in [-0.25, -0.2) is 0 Å². The van der Waals surface area contributed by atoms with E-state index in [0.717, 1.165) is 24.2 Å². The number of thioether (sulfide) groups is 1. The largest absolute Gasteiger partial charge is 0.348 e. The molecule has 106 valence electrons. The second-order valence-corrected chi connectivity index (χ2v) is 5.68. The van der Waals surface area contributed by atoms with Crippen LogP contribution in [-0.2, 0) is 0 Å². The minimum absolute atomic E-state index is 0.0152. The molecule has 1 atom stereocenters. The molecule has 1 unspecified atom stereocenters. The van der Waals surface area contributed by atoms with Gasteiger partial charge in [-0.1, -0.05) is 31.4 Å². The lowest BCUT2D eigenvalue weighted by Crippen LogP contribution is -2.40. The van der Waals surface area contributed by atoms with Crippen molar-refractivity contribution in [2.24, 2.45) is 5.73 Å². The number of rotatable bonds is 7. The van der Waals surface area contributed by atoms with E-state index in [9.17, 15) is 4.79 Å². The summed E-state index contributed by atoms with van der Waals surface area (Å²) in [5.41, 5.74) is 6.20. The smallest absolute Gasteiger partial charge is 0.253 e. The fourth-order valence-electron chi connectivity index (χ4n) is 1.77. The molecule has 0 aliphatic heterocycles. The summed E-state index contributed by atoms with van der Waals surface area (Å²) in [6, 6.07) is 5.49. The number of hydrogen-bond donors (Lipinski definition) is 2. The van der Waals surface area contributed by atoms with Gasteiger partial charge in [-0.3, -0.25) is 4.79 Å². The molecule has 1 aromatic carbocycles. The van der Waals surface area contributed by atoms with Crippen LogP contribution in [0.2, 0.25) is 5.02 Å². The van der Waals surface area contributed by atoms with E-state index in [1.165, 1.54) is 0 Å². The number of nitrogens with one attached hydrogen (secondary N) is 1. The van der Waals surface area contributed by atoms with Gasteiger partial charge in [-0.2, -0.15) is 0 Å². The first kappa shape index (κ1) is 16.3. The van der Waals surface area contributed by atoms with E-state index in [-0.39, 0.29) is 11.9 Å². The Morgan fingerprint density at radius 3 is 2.84 bits per heavy atom. The summed E-state index contributed by atoms with van der Waals surface area (Å²) in [7, 11) is 0. The van der Waals surface area contributed by atoms with Crippen molar-refractivity contribution in [1.29, 1.82) is 0 Å².